The van der Waals surface area contributed by atoms with Crippen LogP contribution in [-0.2, 0) is 14.8 Å². The summed E-state index contributed by atoms with van der Waals surface area (Å²) < 4.78 is 41.5. The Balaban J connectivity index is 1.77. The fourth-order valence-corrected chi connectivity index (χ4v) is 5.31. The molecule has 0 radical (unpaired) electrons. The average Bonchev–Trinajstić information content (AvgIpc) is 3.30. The number of benzene rings is 1. The summed E-state index contributed by atoms with van der Waals surface area (Å²) in [4.78, 5) is 28.1. The highest BCUT2D eigenvalue weighted by Gasteiger charge is 2.40. The fourth-order valence-electron chi connectivity index (χ4n) is 3.20. The largest absolute Gasteiger partial charge is 0.345 e. The van der Waals surface area contributed by atoms with E-state index in [9.17, 15) is 22.4 Å². The molecule has 2 heterocycles. The number of hydrogen-bond donors (Lipinski definition) is 0. The van der Waals surface area contributed by atoms with Crippen LogP contribution in [0.15, 0.2) is 35.7 Å². The van der Waals surface area contributed by atoms with Gasteiger partial charge in [0.05, 0.1) is 10.0 Å². The molecule has 0 aliphatic carbocycles. The summed E-state index contributed by atoms with van der Waals surface area (Å²) in [7, 11) is 0.550. The van der Waals surface area contributed by atoms with Crippen molar-refractivity contribution in [3.63, 3.8) is 0 Å². The number of likely N-dealkylation sites (N-methyl/N-ethyl adjacent to an activating group) is 1. The second-order valence-corrected chi connectivity index (χ2v) is 10.8. The van der Waals surface area contributed by atoms with Gasteiger partial charge in [-0.2, -0.15) is 4.31 Å². The summed E-state index contributed by atoms with van der Waals surface area (Å²) in [6.07, 6.45) is 1.63. The van der Waals surface area contributed by atoms with Crippen molar-refractivity contribution in [2.24, 2.45) is 0 Å². The van der Waals surface area contributed by atoms with E-state index in [1.807, 2.05) is 0 Å². The number of rotatable bonds is 6. The van der Waals surface area contributed by atoms with Gasteiger partial charge in [0.15, 0.2) is 0 Å². The topological polar surface area (TPSA) is 78.0 Å². The van der Waals surface area contributed by atoms with E-state index >= 15 is 0 Å². The lowest BCUT2D eigenvalue weighted by Gasteiger charge is -2.22. The zero-order valence-corrected chi connectivity index (χ0v) is 19.5. The predicted molar refractivity (Wildman–Crippen MR) is 120 cm³/mol. The van der Waals surface area contributed by atoms with E-state index < -0.39 is 27.8 Å². The molecule has 0 bridgehead atoms. The minimum Gasteiger partial charge on any atom is -0.345 e. The number of sulfonamides is 1. The normalized spacial score (nSPS) is 17.2. The summed E-state index contributed by atoms with van der Waals surface area (Å²) in [5.74, 6) is -1.60. The van der Waals surface area contributed by atoms with Crippen LogP contribution < -0.4 is 4.90 Å². The molecule has 1 aromatic carbocycles. The molecule has 1 aliphatic heterocycles. The van der Waals surface area contributed by atoms with Crippen LogP contribution in [0.2, 0.25) is 4.34 Å². The van der Waals surface area contributed by atoms with Gasteiger partial charge in [0, 0.05) is 43.5 Å². The first-order valence-corrected chi connectivity index (χ1v) is 11.9. The Bertz CT molecular complexity index is 1150. The minimum atomic E-state index is -3.88. The minimum absolute atomic E-state index is 0.0115. The van der Waals surface area contributed by atoms with Crippen LogP contribution in [-0.4, -0.2) is 63.2 Å². The molecule has 0 N–H and O–H groups in total. The van der Waals surface area contributed by atoms with Crippen molar-refractivity contribution in [3.8, 4) is 0 Å². The van der Waals surface area contributed by atoms with Crippen molar-refractivity contribution in [2.75, 3.05) is 32.6 Å². The second kappa shape index (κ2) is 9.07. The molecule has 1 fully saturated rings. The number of nitrogens with zero attached hydrogens (tertiary/aromatic N) is 3. The Morgan fingerprint density at radius 2 is 1.97 bits per heavy atom. The van der Waals surface area contributed by atoms with Crippen molar-refractivity contribution in [1.29, 1.82) is 0 Å². The number of hydrogen-bond acceptors (Lipinski definition) is 5. The molecule has 31 heavy (non-hydrogen) atoms. The molecule has 0 spiro atoms. The van der Waals surface area contributed by atoms with E-state index in [1.165, 1.54) is 46.4 Å². The second-order valence-electron chi connectivity index (χ2n) is 7.17. The van der Waals surface area contributed by atoms with Crippen LogP contribution in [0.5, 0.6) is 0 Å². The third kappa shape index (κ3) is 4.98. The first-order valence-electron chi connectivity index (χ1n) is 9.25. The third-order valence-corrected chi connectivity index (χ3v) is 7.64. The van der Waals surface area contributed by atoms with Gasteiger partial charge in [-0.15, -0.1) is 11.3 Å². The van der Waals surface area contributed by atoms with Crippen LogP contribution in [0.1, 0.15) is 21.7 Å². The number of thiophene rings is 1. The molecule has 1 saturated heterocycles. The van der Waals surface area contributed by atoms with E-state index in [-0.39, 0.29) is 30.1 Å². The lowest BCUT2D eigenvalue weighted by molar-refractivity contribution is -0.120. The van der Waals surface area contributed by atoms with Crippen molar-refractivity contribution in [2.45, 2.75) is 12.5 Å². The quantitative estimate of drug-likeness (QED) is 0.629. The van der Waals surface area contributed by atoms with Gasteiger partial charge >= 0.3 is 0 Å². The predicted octanol–water partition coefficient (Wildman–Crippen LogP) is 3.28. The number of amides is 2. The Kier molecular flexibility index (Phi) is 6.85. The maximum Gasteiger partial charge on any atom is 0.253 e. The van der Waals surface area contributed by atoms with Gasteiger partial charge in [-0.05, 0) is 42.8 Å². The number of carbonyl (C=O) groups excluding carboxylic acids is 2. The molecule has 0 unspecified atom stereocenters. The molecule has 0 saturated carbocycles. The van der Waals surface area contributed by atoms with E-state index in [2.05, 4.69) is 0 Å². The van der Waals surface area contributed by atoms with E-state index in [0.29, 0.717) is 9.21 Å². The van der Waals surface area contributed by atoms with Gasteiger partial charge in [-0.3, -0.25) is 9.59 Å². The standard InChI is InChI=1S/C20H21ClFN3O4S2/c1-23(2)19(26)13-4-6-16(15(22)12-13)25-10-8-17(20(25)27)24(3)31(28,29)11-9-14-5-7-18(21)30-14/h4-7,9,11-12,17H,8,10H2,1-3H3/t17-/m0/s1. The Morgan fingerprint density at radius 1 is 1.26 bits per heavy atom. The highest BCUT2D eigenvalue weighted by molar-refractivity contribution is 7.92. The SMILES string of the molecule is CN(C)C(=O)c1ccc(N2CC[C@H](N(C)S(=O)(=O)C=Cc3ccc(Cl)s3)C2=O)c(F)c1. The zero-order valence-electron chi connectivity index (χ0n) is 17.1. The average molecular weight is 486 g/mol. The molecule has 2 amide bonds. The fraction of sp³-hybridized carbons (Fsp3) is 0.300. The maximum absolute atomic E-state index is 14.7. The lowest BCUT2D eigenvalue weighted by Crippen LogP contribution is -2.42. The number of halogens is 2. The van der Waals surface area contributed by atoms with Crippen LogP contribution in [0, 0.1) is 5.82 Å². The van der Waals surface area contributed by atoms with Crippen LogP contribution in [0.3, 0.4) is 0 Å². The third-order valence-electron chi connectivity index (χ3n) is 4.91. The molecule has 166 valence electrons. The van der Waals surface area contributed by atoms with Crippen molar-refractivity contribution in [1.82, 2.24) is 9.21 Å². The molecule has 7 nitrogen and oxygen atoms in total. The molecule has 2 aromatic rings. The van der Waals surface area contributed by atoms with Gasteiger partial charge in [-0.1, -0.05) is 11.6 Å². The molecule has 3 rings (SSSR count). The molecule has 11 heteroatoms. The highest BCUT2D eigenvalue weighted by atomic mass is 35.5. The first kappa shape index (κ1) is 23.4. The van der Waals surface area contributed by atoms with Crippen molar-refractivity contribution in [3.05, 3.63) is 56.3 Å². The monoisotopic (exact) mass is 485 g/mol. The van der Waals surface area contributed by atoms with Gasteiger partial charge < -0.3 is 9.80 Å². The Morgan fingerprint density at radius 3 is 2.55 bits per heavy atom. The summed E-state index contributed by atoms with van der Waals surface area (Å²) in [5, 5.41) is 1.02. The zero-order chi connectivity index (χ0) is 22.9. The molecule has 1 aliphatic rings. The van der Waals surface area contributed by atoms with Gasteiger partial charge in [-0.25, -0.2) is 12.8 Å². The van der Waals surface area contributed by atoms with Crippen molar-refractivity contribution >= 4 is 56.5 Å². The van der Waals surface area contributed by atoms with Crippen LogP contribution >= 0.6 is 22.9 Å². The molecule has 1 atom stereocenters. The van der Waals surface area contributed by atoms with Crippen molar-refractivity contribution < 1.29 is 22.4 Å². The Hall–Kier alpha value is -2.27. The molecule has 1 aromatic heterocycles. The smallest absolute Gasteiger partial charge is 0.253 e. The summed E-state index contributed by atoms with van der Waals surface area (Å²) in [6.45, 7) is 0.158. The number of carbonyl (C=O) groups is 2. The van der Waals surface area contributed by atoms with E-state index in [4.69, 9.17) is 11.6 Å². The molecular formula is C20H21ClFN3O4S2. The summed E-state index contributed by atoms with van der Waals surface area (Å²) in [5.41, 5.74) is 0.172. The van der Waals surface area contributed by atoms with Gasteiger partial charge in [0.1, 0.15) is 11.9 Å². The van der Waals surface area contributed by atoms with E-state index in [0.717, 1.165) is 15.8 Å². The van der Waals surface area contributed by atoms with Crippen LogP contribution in [0.25, 0.3) is 6.08 Å². The van der Waals surface area contributed by atoms with Gasteiger partial charge in [0.2, 0.25) is 15.9 Å². The number of anilines is 1. The lowest BCUT2D eigenvalue weighted by atomic mass is 10.1. The Labute approximate surface area is 189 Å². The summed E-state index contributed by atoms with van der Waals surface area (Å²) >= 11 is 7.08. The van der Waals surface area contributed by atoms with Crippen LogP contribution in [0.4, 0.5) is 10.1 Å². The molecular weight excluding hydrogens is 465 g/mol. The van der Waals surface area contributed by atoms with Gasteiger partial charge in [0.25, 0.3) is 5.91 Å². The first-order chi connectivity index (χ1) is 14.5. The maximum atomic E-state index is 14.7. The highest BCUT2D eigenvalue weighted by Crippen LogP contribution is 2.29. The van der Waals surface area contributed by atoms with E-state index in [1.54, 1.807) is 26.2 Å². The summed E-state index contributed by atoms with van der Waals surface area (Å²) in [6, 6.07) is 6.27.